The maximum Gasteiger partial charge on any atom is 0.536 e. The molecule has 20 heteroatoms. The van der Waals surface area contributed by atoms with Crippen molar-refractivity contribution in [2.45, 2.75) is 90.7 Å². The number of rotatable bonds is 20. The topological polar surface area (TPSA) is 164 Å². The van der Waals surface area contributed by atoms with Crippen LogP contribution in [0.1, 0.15) is 90.2 Å². The number of alkyl halides is 6. The monoisotopic (exact) mass is 906 g/mol. The summed E-state index contributed by atoms with van der Waals surface area (Å²) in [7, 11) is -10.5. The molecule has 4 aliphatic rings. The number of carbonyl (C=O) groups excluding carboxylic acids is 2. The van der Waals surface area contributed by atoms with E-state index in [2.05, 4.69) is 18.9 Å². The first-order chi connectivity index (χ1) is 28.4. The summed E-state index contributed by atoms with van der Waals surface area (Å²) in [5, 5.41) is 6.57. The Labute approximate surface area is 350 Å². The second kappa shape index (κ2) is 16.5. The van der Waals surface area contributed by atoms with E-state index in [1.54, 1.807) is 0 Å². The third kappa shape index (κ3) is 9.02. The van der Waals surface area contributed by atoms with Crippen LogP contribution in [0.2, 0.25) is 0 Å². The van der Waals surface area contributed by atoms with Crippen LogP contribution in [0.15, 0.2) is 58.8 Å². The largest absolute Gasteiger partial charge is 0.536 e. The number of carbonyl (C=O) groups is 2. The van der Waals surface area contributed by atoms with Crippen LogP contribution in [0.3, 0.4) is 0 Å². The highest BCUT2D eigenvalue weighted by Gasteiger charge is 2.77. The molecule has 0 heterocycles. The van der Waals surface area contributed by atoms with Gasteiger partial charge >= 0.3 is 31.9 Å². The van der Waals surface area contributed by atoms with Gasteiger partial charge in [0.2, 0.25) is 0 Å². The van der Waals surface area contributed by atoms with E-state index in [-0.39, 0.29) is 60.2 Å². The van der Waals surface area contributed by atoms with Crippen molar-refractivity contribution in [2.24, 2.45) is 55.6 Å². The van der Waals surface area contributed by atoms with E-state index in [9.17, 15) is 52.8 Å². The van der Waals surface area contributed by atoms with Crippen LogP contribution in [-0.2, 0) is 38.4 Å². The maximum absolute atomic E-state index is 14.0. The van der Waals surface area contributed by atoms with Crippen molar-refractivity contribution in [2.75, 3.05) is 19.0 Å². The fourth-order valence-corrected chi connectivity index (χ4v) is 12.8. The molecule has 61 heavy (non-hydrogen) atoms. The van der Waals surface area contributed by atoms with E-state index in [4.69, 9.17) is 9.47 Å². The molecule has 0 aliphatic heterocycles. The molecule has 0 amide bonds. The van der Waals surface area contributed by atoms with Crippen LogP contribution in [0.25, 0.3) is 0 Å². The van der Waals surface area contributed by atoms with Crippen molar-refractivity contribution in [1.29, 1.82) is 0 Å². The number of aldehydes is 2. The van der Waals surface area contributed by atoms with Crippen LogP contribution in [0, 0.1) is 45.3 Å². The van der Waals surface area contributed by atoms with Gasteiger partial charge in [-0.2, -0.15) is 43.2 Å². The fraction of sp³-hybridized carbons (Fsp3) is 0.610. The summed E-state index contributed by atoms with van der Waals surface area (Å²) < 4.78 is 151. The smallest absolute Gasteiger partial charge is 0.493 e. The predicted octanol–water partition coefficient (Wildman–Crippen LogP) is 8.39. The molecule has 6 unspecified atom stereocenters. The van der Waals surface area contributed by atoms with Gasteiger partial charge in [0.15, 0.2) is 5.71 Å². The third-order valence-electron chi connectivity index (χ3n) is 13.9. The molecule has 336 valence electrons. The summed E-state index contributed by atoms with van der Waals surface area (Å²) in [6, 6.07) is 10.7. The second-order valence-electron chi connectivity index (χ2n) is 17.6. The lowest BCUT2D eigenvalue weighted by Gasteiger charge is -2.21. The molecule has 4 aliphatic carbocycles. The van der Waals surface area contributed by atoms with E-state index < -0.39 is 65.2 Å². The van der Waals surface area contributed by atoms with Crippen LogP contribution in [0.5, 0.6) is 11.5 Å². The summed E-state index contributed by atoms with van der Waals surface area (Å²) in [4.78, 5) is 22.4. The first-order valence-electron chi connectivity index (χ1n) is 19.8. The number of oxime groups is 2. The van der Waals surface area contributed by atoms with Crippen LogP contribution in [-0.4, -0.2) is 71.5 Å². The Morgan fingerprint density at radius 3 is 1.64 bits per heavy atom. The highest BCUT2D eigenvalue weighted by atomic mass is 32.2. The number of ether oxygens (including phenoxy) is 2. The molecule has 0 spiro atoms. The Morgan fingerprint density at radius 2 is 1.18 bits per heavy atom. The fourth-order valence-electron chi connectivity index (χ4n) is 11.0. The van der Waals surface area contributed by atoms with Gasteiger partial charge < -0.3 is 19.1 Å². The zero-order valence-electron chi connectivity index (χ0n) is 33.9. The van der Waals surface area contributed by atoms with Gasteiger partial charge in [-0.3, -0.25) is 8.57 Å². The summed E-state index contributed by atoms with van der Waals surface area (Å²) in [5.41, 5.74) is -9.17. The highest BCUT2D eigenvalue weighted by Crippen LogP contribution is 2.81. The van der Waals surface area contributed by atoms with Gasteiger partial charge in [0.05, 0.1) is 24.7 Å². The maximum atomic E-state index is 14.0. The predicted molar refractivity (Wildman–Crippen MR) is 209 cm³/mol. The Balaban J connectivity index is 1.02. The molecule has 2 aromatic rings. The molecule has 0 saturated heterocycles. The van der Waals surface area contributed by atoms with E-state index in [1.807, 2.05) is 27.7 Å². The van der Waals surface area contributed by atoms with Gasteiger partial charge in [-0.15, -0.1) is 0 Å². The summed E-state index contributed by atoms with van der Waals surface area (Å²) in [5.74, 6) is 0.178. The Morgan fingerprint density at radius 1 is 0.705 bits per heavy atom. The van der Waals surface area contributed by atoms with E-state index in [0.717, 1.165) is 31.1 Å². The minimum absolute atomic E-state index is 0.00216. The van der Waals surface area contributed by atoms with Crippen LogP contribution >= 0.6 is 0 Å². The number of halogens is 6. The van der Waals surface area contributed by atoms with E-state index in [1.165, 1.54) is 36.4 Å². The van der Waals surface area contributed by atoms with Crippen molar-refractivity contribution in [3.63, 3.8) is 0 Å². The van der Waals surface area contributed by atoms with Crippen molar-refractivity contribution in [1.82, 2.24) is 0 Å². The highest BCUT2D eigenvalue weighted by molar-refractivity contribution is 7.87. The molecular formula is C41H48F6N2O10S2. The zero-order chi connectivity index (χ0) is 44.9. The molecule has 4 saturated carbocycles. The molecular weight excluding hydrogens is 859 g/mol. The third-order valence-corrected chi connectivity index (χ3v) is 15.9. The molecule has 0 aromatic heterocycles. The summed E-state index contributed by atoms with van der Waals surface area (Å²) in [6.45, 7) is 8.00. The lowest BCUT2D eigenvalue weighted by Crippen LogP contribution is -2.26. The quantitative estimate of drug-likeness (QED) is 0.0315. The standard InChI is InChI=1S/C41H48F6N2O10S2/c1-36(2)33-27(16-20-50)14-18-38(33,36)24-32(48-59-61(54,55)41(45,46)47)26-6-10-30(11-7-26)56-22-5-23-57-31-12-8-29(9-13-31)35(40(42,43)44)49-58-60(52,53)25-39-19-15-28(17-21-51)34(39)37(39,3)4/h6-13,20-21,27-28,33-34H,5,14-19,22-25H2,1-4H3/b48-32+,49-35-. The van der Waals surface area contributed by atoms with Gasteiger partial charge in [-0.05, 0) is 125 Å². The number of hydrogen-bond donors (Lipinski definition) is 0. The van der Waals surface area contributed by atoms with Gasteiger partial charge in [0.1, 0.15) is 24.1 Å². The van der Waals surface area contributed by atoms with Crippen molar-refractivity contribution in [3.8, 4) is 11.5 Å². The normalized spacial score (nSPS) is 28.0. The molecule has 12 nitrogen and oxygen atoms in total. The number of benzene rings is 2. The Bertz CT molecular complexity index is 2240. The second-order valence-corrected chi connectivity index (χ2v) is 20.7. The Kier molecular flexibility index (Phi) is 12.5. The van der Waals surface area contributed by atoms with Gasteiger partial charge in [-0.25, -0.2) is 0 Å². The molecule has 0 radical (unpaired) electrons. The van der Waals surface area contributed by atoms with Crippen molar-refractivity contribution < 1.29 is 70.8 Å². The lowest BCUT2D eigenvalue weighted by molar-refractivity contribution is -0.109. The first kappa shape index (κ1) is 46.3. The lowest BCUT2D eigenvalue weighted by atomic mass is 9.84. The Hall–Kier alpha value is -4.20. The minimum atomic E-state index is -6.02. The van der Waals surface area contributed by atoms with Gasteiger partial charge in [-0.1, -0.05) is 38.0 Å². The van der Waals surface area contributed by atoms with E-state index >= 15 is 0 Å². The summed E-state index contributed by atoms with van der Waals surface area (Å²) in [6.07, 6.45) is 0.250. The van der Waals surface area contributed by atoms with Crippen LogP contribution in [0.4, 0.5) is 26.3 Å². The molecule has 0 bridgehead atoms. The minimum Gasteiger partial charge on any atom is -0.493 e. The SMILES string of the molecule is CC1(C)C2C(CC=O)CCC21C/C(=N\OS(=O)(=O)C(F)(F)F)c1ccc(OCCCOc2ccc(/C(=N/OS(=O)(=O)CC34CCC(CC=O)C3C4(C)C)C(F)(F)F)cc2)cc1. The van der Waals surface area contributed by atoms with Gasteiger partial charge in [0, 0.05) is 31.2 Å². The number of nitrogens with zero attached hydrogens (tertiary/aromatic N) is 2. The van der Waals surface area contributed by atoms with Crippen LogP contribution < -0.4 is 9.47 Å². The molecule has 6 atom stereocenters. The molecule has 0 N–H and O–H groups in total. The van der Waals surface area contributed by atoms with E-state index in [0.29, 0.717) is 49.8 Å². The summed E-state index contributed by atoms with van der Waals surface area (Å²) >= 11 is 0. The van der Waals surface area contributed by atoms with Crippen molar-refractivity contribution in [3.05, 3.63) is 59.7 Å². The first-order valence-corrected chi connectivity index (χ1v) is 22.8. The van der Waals surface area contributed by atoms with Crippen molar-refractivity contribution >= 4 is 44.2 Å². The molecule has 2 aromatic carbocycles. The molecule has 6 rings (SSSR count). The average molecular weight is 907 g/mol. The average Bonchev–Trinajstić information content (AvgIpc) is 3.54. The number of hydrogen-bond acceptors (Lipinski definition) is 12. The number of fused-ring (bicyclic) bond motifs is 2. The zero-order valence-corrected chi connectivity index (χ0v) is 35.6. The molecule has 4 fully saturated rings. The van der Waals surface area contributed by atoms with Gasteiger partial charge in [0.25, 0.3) is 0 Å².